The number of methoxy groups -OCH3 is 1. The number of rotatable bonds is 13. The Morgan fingerprint density at radius 3 is 2.56 bits per heavy atom. The highest BCUT2D eigenvalue weighted by Crippen LogP contribution is 2.41. The number of benzene rings is 2. The molecule has 1 aliphatic heterocycles. The minimum atomic E-state index is -3.61. The highest BCUT2D eigenvalue weighted by molar-refractivity contribution is 9.10. The zero-order valence-electron chi connectivity index (χ0n) is 24.4. The largest absolute Gasteiger partial charge is 0.508 e. The summed E-state index contributed by atoms with van der Waals surface area (Å²) in [5.74, 6) is 1.72. The van der Waals surface area contributed by atoms with Crippen LogP contribution in [0.1, 0.15) is 25.7 Å². The lowest BCUT2D eigenvalue weighted by Gasteiger charge is -2.33. The fourth-order valence-electron chi connectivity index (χ4n) is 4.54. The molecule has 1 aromatic heterocycles. The van der Waals surface area contributed by atoms with Crippen molar-refractivity contribution in [2.75, 3.05) is 66.6 Å². The molecule has 0 amide bonds. The zero-order chi connectivity index (χ0) is 31.1. The number of hydrogen-bond donors (Lipinski definition) is 5. The second-order valence-electron chi connectivity index (χ2n) is 10.2. The van der Waals surface area contributed by atoms with E-state index in [1.54, 1.807) is 19.4 Å². The summed E-state index contributed by atoms with van der Waals surface area (Å²) in [6, 6.07) is 8.29. The molecule has 3 aromatic rings. The summed E-state index contributed by atoms with van der Waals surface area (Å²) in [5, 5.41) is 25.5. The molecule has 0 atom stereocenters. The van der Waals surface area contributed by atoms with Crippen molar-refractivity contribution in [2.24, 2.45) is 5.73 Å². The predicted octanol–water partition coefficient (Wildman–Crippen LogP) is 3.92. The van der Waals surface area contributed by atoms with Crippen molar-refractivity contribution in [2.45, 2.75) is 31.7 Å². The molecule has 15 heteroatoms. The Labute approximate surface area is 260 Å². The van der Waals surface area contributed by atoms with Crippen molar-refractivity contribution in [3.05, 3.63) is 41.0 Å². The van der Waals surface area contributed by atoms with Gasteiger partial charge in [-0.05, 0) is 53.7 Å². The Kier molecular flexibility index (Phi) is 10.8. The summed E-state index contributed by atoms with van der Waals surface area (Å²) in [7, 11) is -0.626. The van der Waals surface area contributed by atoms with E-state index in [9.17, 15) is 18.6 Å². The number of hydrogen-bond acceptors (Lipinski definition) is 12. The standard InChI is InChI=1S/C28H38BrN7O6S/c1-35(43(3,39)40)23-14-19(38)6-7-21(23)32-27-20(29)17-31-28(34-27)33-22-15-26(42-13-5-4-12-37)24(16-25(22)41-2)36-10-8-18(30)9-11-36/h6-7,14-18,37-38H,4-5,8-13,30H2,1-3H3,(H2,31,32,33,34). The quantitative estimate of drug-likeness (QED) is 0.130. The van der Waals surface area contributed by atoms with Gasteiger partial charge in [0.2, 0.25) is 16.0 Å². The molecule has 13 nitrogen and oxygen atoms in total. The Hall–Kier alpha value is -3.53. The second kappa shape index (κ2) is 14.3. The van der Waals surface area contributed by atoms with Crippen LogP contribution in [0, 0.1) is 0 Å². The Morgan fingerprint density at radius 1 is 1.14 bits per heavy atom. The number of nitrogens with zero attached hydrogens (tertiary/aromatic N) is 4. The first-order chi connectivity index (χ1) is 20.5. The topological polar surface area (TPSA) is 175 Å². The highest BCUT2D eigenvalue weighted by atomic mass is 79.9. The van der Waals surface area contributed by atoms with E-state index >= 15 is 0 Å². The molecular formula is C28H38BrN7O6S. The fourth-order valence-corrected chi connectivity index (χ4v) is 5.34. The minimum Gasteiger partial charge on any atom is -0.508 e. The van der Waals surface area contributed by atoms with Crippen LogP contribution in [0.15, 0.2) is 41.0 Å². The van der Waals surface area contributed by atoms with Crippen molar-refractivity contribution in [3.8, 4) is 17.2 Å². The number of halogens is 1. The molecule has 1 fully saturated rings. The zero-order valence-corrected chi connectivity index (χ0v) is 26.8. The number of nitrogens with two attached hydrogens (primary N) is 1. The molecule has 0 spiro atoms. The van der Waals surface area contributed by atoms with Gasteiger partial charge >= 0.3 is 0 Å². The molecule has 6 N–H and O–H groups in total. The molecular weight excluding hydrogens is 642 g/mol. The number of aliphatic hydroxyl groups excluding tert-OH is 1. The second-order valence-corrected chi connectivity index (χ2v) is 13.1. The number of aromatic hydroxyl groups is 1. The van der Waals surface area contributed by atoms with Gasteiger partial charge in [0, 0.05) is 57.2 Å². The first kappa shape index (κ1) is 32.4. The third kappa shape index (κ3) is 8.31. The summed E-state index contributed by atoms with van der Waals surface area (Å²) in [6.07, 6.45) is 5.72. The number of phenols is 1. The lowest BCUT2D eigenvalue weighted by atomic mass is 10.0. The van der Waals surface area contributed by atoms with Gasteiger partial charge in [0.25, 0.3) is 0 Å². The van der Waals surface area contributed by atoms with Gasteiger partial charge in [-0.3, -0.25) is 4.31 Å². The lowest BCUT2D eigenvalue weighted by molar-refractivity contribution is 0.253. The maximum absolute atomic E-state index is 12.2. The van der Waals surface area contributed by atoms with Crippen molar-refractivity contribution in [3.63, 3.8) is 0 Å². The fraction of sp³-hybridized carbons (Fsp3) is 0.429. The van der Waals surface area contributed by atoms with Crippen LogP contribution in [0.2, 0.25) is 0 Å². The smallest absolute Gasteiger partial charge is 0.232 e. The Bertz CT molecular complexity index is 1520. The number of anilines is 6. The minimum absolute atomic E-state index is 0.0857. The van der Waals surface area contributed by atoms with E-state index in [0.717, 1.165) is 42.2 Å². The maximum Gasteiger partial charge on any atom is 0.232 e. The van der Waals surface area contributed by atoms with Crippen molar-refractivity contribution < 1.29 is 28.1 Å². The number of phenolic OH excluding ortho intramolecular Hbond substituents is 1. The van der Waals surface area contributed by atoms with E-state index in [1.165, 1.54) is 19.2 Å². The van der Waals surface area contributed by atoms with Gasteiger partial charge in [-0.2, -0.15) is 4.98 Å². The van der Waals surface area contributed by atoms with Crippen molar-refractivity contribution in [1.82, 2.24) is 9.97 Å². The third-order valence-corrected chi connectivity index (χ3v) is 8.81. The average molecular weight is 681 g/mol. The lowest BCUT2D eigenvalue weighted by Crippen LogP contribution is -2.39. The van der Waals surface area contributed by atoms with Crippen LogP contribution < -0.4 is 35.0 Å². The first-order valence-electron chi connectivity index (χ1n) is 13.8. The van der Waals surface area contributed by atoms with E-state index in [0.29, 0.717) is 52.6 Å². The van der Waals surface area contributed by atoms with Crippen LogP contribution >= 0.6 is 15.9 Å². The number of piperidine rings is 1. The molecule has 234 valence electrons. The van der Waals surface area contributed by atoms with Crippen LogP contribution in [-0.4, -0.2) is 81.4 Å². The molecule has 2 aromatic carbocycles. The molecule has 0 bridgehead atoms. The predicted molar refractivity (Wildman–Crippen MR) is 172 cm³/mol. The van der Waals surface area contributed by atoms with Crippen LogP contribution in [0.25, 0.3) is 0 Å². The number of nitrogens with one attached hydrogen (secondary N) is 2. The molecule has 1 aliphatic rings. The van der Waals surface area contributed by atoms with E-state index in [-0.39, 0.29) is 30.0 Å². The van der Waals surface area contributed by atoms with E-state index in [1.807, 2.05) is 12.1 Å². The van der Waals surface area contributed by atoms with Crippen LogP contribution in [-0.2, 0) is 10.0 Å². The van der Waals surface area contributed by atoms with Crippen LogP contribution in [0.3, 0.4) is 0 Å². The third-order valence-electron chi connectivity index (χ3n) is 7.03. The number of sulfonamides is 1. The molecule has 1 saturated heterocycles. The summed E-state index contributed by atoms with van der Waals surface area (Å²) in [5.41, 5.74) is 8.24. The molecule has 2 heterocycles. The Balaban J connectivity index is 1.65. The molecule has 4 rings (SSSR count). The van der Waals surface area contributed by atoms with Crippen LogP contribution in [0.5, 0.6) is 17.2 Å². The number of unbranched alkanes of at least 4 members (excludes halogenated alkanes) is 1. The highest BCUT2D eigenvalue weighted by Gasteiger charge is 2.23. The number of aliphatic hydroxyl groups is 1. The Morgan fingerprint density at radius 2 is 1.88 bits per heavy atom. The van der Waals surface area contributed by atoms with Gasteiger partial charge in [-0.25, -0.2) is 13.4 Å². The molecule has 0 aliphatic carbocycles. The maximum atomic E-state index is 12.2. The van der Waals surface area contributed by atoms with E-state index < -0.39 is 10.0 Å². The van der Waals surface area contributed by atoms with Gasteiger partial charge in [-0.15, -0.1) is 0 Å². The van der Waals surface area contributed by atoms with Gasteiger partial charge in [0.15, 0.2) is 0 Å². The molecule has 0 saturated carbocycles. The molecule has 0 radical (unpaired) electrons. The summed E-state index contributed by atoms with van der Waals surface area (Å²) in [4.78, 5) is 11.2. The van der Waals surface area contributed by atoms with Gasteiger partial charge in [-0.1, -0.05) is 0 Å². The van der Waals surface area contributed by atoms with Crippen LogP contribution in [0.4, 0.5) is 34.5 Å². The summed E-state index contributed by atoms with van der Waals surface area (Å²) >= 11 is 3.45. The first-order valence-corrected chi connectivity index (χ1v) is 16.4. The van der Waals surface area contributed by atoms with Gasteiger partial charge in [0.05, 0.1) is 47.2 Å². The molecule has 43 heavy (non-hydrogen) atoms. The van der Waals surface area contributed by atoms with E-state index in [2.05, 4.69) is 41.4 Å². The molecule has 0 unspecified atom stereocenters. The average Bonchev–Trinajstić information content (AvgIpc) is 2.97. The summed E-state index contributed by atoms with van der Waals surface area (Å²) in [6.45, 7) is 2.13. The summed E-state index contributed by atoms with van der Waals surface area (Å²) < 4.78 is 38.0. The van der Waals surface area contributed by atoms with E-state index in [4.69, 9.17) is 15.2 Å². The monoisotopic (exact) mass is 679 g/mol. The number of aromatic nitrogens is 2. The van der Waals surface area contributed by atoms with Crippen molar-refractivity contribution >= 4 is 60.5 Å². The normalized spacial score (nSPS) is 14.0. The van der Waals surface area contributed by atoms with Gasteiger partial charge in [0.1, 0.15) is 23.1 Å². The van der Waals surface area contributed by atoms with Gasteiger partial charge < -0.3 is 41.0 Å². The van der Waals surface area contributed by atoms with Crippen molar-refractivity contribution in [1.29, 1.82) is 0 Å². The number of ether oxygens (including phenoxy) is 2. The SMILES string of the molecule is COc1cc(N2CCC(N)CC2)c(OCCCCO)cc1Nc1ncc(Br)c(Nc2ccc(O)cc2N(C)S(C)(=O)=O)n1.